The Morgan fingerprint density at radius 3 is 2.89 bits per heavy atom. The molecule has 2 unspecified atom stereocenters. The van der Waals surface area contributed by atoms with Gasteiger partial charge in [0.15, 0.2) is 18.5 Å². The predicted octanol–water partition coefficient (Wildman–Crippen LogP) is 2.38. The molecule has 5 heteroatoms. The number of rotatable bonds is 2. The number of carbonyl (C=O) groups excluding carboxylic acids is 1. The molecule has 1 amide bonds. The van der Waals surface area contributed by atoms with E-state index in [4.69, 9.17) is 4.74 Å². The third-order valence-electron chi connectivity index (χ3n) is 3.56. The molecule has 2 atom stereocenters. The molecule has 0 bridgehead atoms. The first-order valence-electron chi connectivity index (χ1n) is 6.47. The lowest BCUT2D eigenvalue weighted by Gasteiger charge is -2.22. The summed E-state index contributed by atoms with van der Waals surface area (Å²) in [7, 11) is 0. The van der Waals surface area contributed by atoms with E-state index >= 15 is 0 Å². The molecule has 0 radical (unpaired) electrons. The minimum atomic E-state index is -0.420. The van der Waals surface area contributed by atoms with E-state index in [2.05, 4.69) is 27.6 Å². The second-order valence-electron chi connectivity index (χ2n) is 4.84. The van der Waals surface area contributed by atoms with E-state index in [1.165, 1.54) is 6.40 Å². The molecule has 2 heterocycles. The zero-order valence-electron chi connectivity index (χ0n) is 10.5. The normalized spacial score (nSPS) is 25.6. The molecule has 0 saturated carbocycles. The first kappa shape index (κ1) is 12.9. The Hall–Kier alpha value is -1.11. The van der Waals surface area contributed by atoms with Crippen molar-refractivity contribution >= 4 is 34.9 Å². The van der Waals surface area contributed by atoms with E-state index in [1.807, 2.05) is 29.2 Å². The summed E-state index contributed by atoms with van der Waals surface area (Å²) in [6.45, 7) is 1.70. The lowest BCUT2D eigenvalue weighted by atomic mass is 10.0. The first-order chi connectivity index (χ1) is 9.25. The van der Waals surface area contributed by atoms with Crippen molar-refractivity contribution in [2.75, 3.05) is 13.1 Å². The van der Waals surface area contributed by atoms with Crippen molar-refractivity contribution in [1.29, 1.82) is 0 Å². The maximum Gasteiger partial charge on any atom is 0.251 e. The number of halogens is 1. The summed E-state index contributed by atoms with van der Waals surface area (Å²) in [6.07, 6.45) is 3.33. The fourth-order valence-corrected chi connectivity index (χ4v) is 3.15. The Balaban J connectivity index is 1.80. The second-order valence-corrected chi connectivity index (χ2v) is 6.09. The summed E-state index contributed by atoms with van der Waals surface area (Å²) in [4.78, 5) is 18.6. The lowest BCUT2D eigenvalue weighted by Crippen LogP contribution is -2.38. The first-order valence-corrected chi connectivity index (χ1v) is 7.55. The van der Waals surface area contributed by atoms with Gasteiger partial charge in [0.2, 0.25) is 0 Å². The maximum absolute atomic E-state index is 12.4. The molecule has 100 valence electrons. The summed E-state index contributed by atoms with van der Waals surface area (Å²) in [5, 5.41) is 0. The van der Waals surface area contributed by atoms with Gasteiger partial charge < -0.3 is 9.64 Å². The highest BCUT2D eigenvalue weighted by atomic mass is 127. The van der Waals surface area contributed by atoms with Crippen molar-refractivity contribution in [2.45, 2.75) is 25.0 Å². The number of nitrogens with zero attached hydrogens (tertiary/aromatic N) is 2. The summed E-state index contributed by atoms with van der Waals surface area (Å²) >= 11 is 2.26. The second kappa shape index (κ2) is 5.48. The van der Waals surface area contributed by atoms with Gasteiger partial charge >= 0.3 is 0 Å². The summed E-state index contributed by atoms with van der Waals surface area (Å²) in [6, 6.07) is 7.62. The zero-order chi connectivity index (χ0) is 13.2. The quantitative estimate of drug-likeness (QED) is 0.751. The molecule has 2 aliphatic heterocycles. The van der Waals surface area contributed by atoms with Crippen molar-refractivity contribution in [3.63, 3.8) is 0 Å². The Bertz CT molecular complexity index is 512. The van der Waals surface area contributed by atoms with Gasteiger partial charge in [0.1, 0.15) is 0 Å². The highest BCUT2D eigenvalue weighted by Crippen LogP contribution is 2.29. The maximum atomic E-state index is 12.4. The average Bonchev–Trinajstić information content (AvgIpc) is 3.09. The number of ether oxygens (including phenoxy) is 1. The molecule has 0 spiro atoms. The predicted molar refractivity (Wildman–Crippen MR) is 81.1 cm³/mol. The van der Waals surface area contributed by atoms with Crippen LogP contribution in [-0.4, -0.2) is 36.3 Å². The van der Waals surface area contributed by atoms with E-state index in [9.17, 15) is 4.79 Å². The summed E-state index contributed by atoms with van der Waals surface area (Å²) in [5.41, 5.74) is 1.02. The van der Waals surface area contributed by atoms with Crippen molar-refractivity contribution < 1.29 is 9.53 Å². The van der Waals surface area contributed by atoms with Crippen molar-refractivity contribution in [3.8, 4) is 0 Å². The van der Waals surface area contributed by atoms with Crippen LogP contribution in [0.2, 0.25) is 0 Å². The fourth-order valence-electron chi connectivity index (χ4n) is 2.58. The zero-order valence-corrected chi connectivity index (χ0v) is 12.6. The molecule has 2 aliphatic rings. The Labute approximate surface area is 126 Å². The van der Waals surface area contributed by atoms with Gasteiger partial charge in [0.05, 0.1) is 0 Å². The van der Waals surface area contributed by atoms with E-state index in [1.54, 1.807) is 0 Å². The van der Waals surface area contributed by atoms with Crippen molar-refractivity contribution in [3.05, 3.63) is 33.4 Å². The van der Waals surface area contributed by atoms with E-state index in [-0.39, 0.29) is 12.0 Å². The van der Waals surface area contributed by atoms with Crippen LogP contribution in [0.25, 0.3) is 0 Å². The summed E-state index contributed by atoms with van der Waals surface area (Å²) < 4.78 is 6.68. The van der Waals surface area contributed by atoms with Crippen LogP contribution in [0.1, 0.15) is 24.5 Å². The van der Waals surface area contributed by atoms with Crippen molar-refractivity contribution in [1.82, 2.24) is 4.90 Å². The van der Waals surface area contributed by atoms with Crippen LogP contribution in [0, 0.1) is 3.57 Å². The van der Waals surface area contributed by atoms with Gasteiger partial charge in [-0.15, -0.1) is 0 Å². The molecule has 0 N–H and O–H groups in total. The van der Waals surface area contributed by atoms with Crippen LogP contribution in [0.5, 0.6) is 0 Å². The topological polar surface area (TPSA) is 41.9 Å². The molecule has 1 aromatic rings. The number of carbonyl (C=O) groups is 1. The molecule has 3 rings (SSSR count). The Morgan fingerprint density at radius 1 is 1.37 bits per heavy atom. The third-order valence-corrected chi connectivity index (χ3v) is 4.23. The molecule has 0 aromatic heterocycles. The van der Waals surface area contributed by atoms with Gasteiger partial charge in [-0.2, -0.15) is 0 Å². The van der Waals surface area contributed by atoms with Crippen LogP contribution < -0.4 is 0 Å². The van der Waals surface area contributed by atoms with Gasteiger partial charge in [-0.05, 0) is 53.1 Å². The van der Waals surface area contributed by atoms with Crippen LogP contribution in [0.4, 0.5) is 0 Å². The number of likely N-dealkylation sites (tertiary alicyclic amines) is 1. The summed E-state index contributed by atoms with van der Waals surface area (Å²) in [5.74, 6) is 0.0927. The highest BCUT2D eigenvalue weighted by molar-refractivity contribution is 14.1. The molecule has 19 heavy (non-hydrogen) atoms. The molecule has 1 saturated heterocycles. The molecule has 0 aliphatic carbocycles. The van der Waals surface area contributed by atoms with Crippen LogP contribution in [0.15, 0.2) is 29.3 Å². The minimum absolute atomic E-state index is 0.0927. The third kappa shape index (κ3) is 2.61. The molecule has 1 fully saturated rings. The van der Waals surface area contributed by atoms with E-state index < -0.39 is 6.04 Å². The Morgan fingerprint density at radius 2 is 2.16 bits per heavy atom. The average molecular weight is 370 g/mol. The smallest absolute Gasteiger partial charge is 0.251 e. The van der Waals surface area contributed by atoms with Gasteiger partial charge in [0, 0.05) is 16.7 Å². The highest BCUT2D eigenvalue weighted by Gasteiger charge is 2.37. The SMILES string of the molecule is O=C(C1N=COC1c1cccc(I)c1)N1CCCC1. The fraction of sp³-hybridized carbons (Fsp3) is 0.429. The largest absolute Gasteiger partial charge is 0.473 e. The van der Waals surface area contributed by atoms with Crippen LogP contribution in [-0.2, 0) is 9.53 Å². The lowest BCUT2D eigenvalue weighted by molar-refractivity contribution is -0.133. The van der Waals surface area contributed by atoms with Gasteiger partial charge in [-0.1, -0.05) is 12.1 Å². The van der Waals surface area contributed by atoms with Crippen molar-refractivity contribution in [2.24, 2.45) is 4.99 Å². The number of hydrogen-bond donors (Lipinski definition) is 0. The van der Waals surface area contributed by atoms with Crippen LogP contribution >= 0.6 is 22.6 Å². The van der Waals surface area contributed by atoms with Gasteiger partial charge in [-0.25, -0.2) is 4.99 Å². The minimum Gasteiger partial charge on any atom is -0.473 e. The standard InChI is InChI=1S/C14H15IN2O2/c15-11-5-3-4-10(8-11)13-12(16-9-19-13)14(18)17-6-1-2-7-17/h3-5,8-9,12-13H,1-2,6-7H2. The number of hydrogen-bond acceptors (Lipinski definition) is 3. The van der Waals surface area contributed by atoms with Gasteiger partial charge in [0.25, 0.3) is 5.91 Å². The monoisotopic (exact) mass is 370 g/mol. The number of aliphatic imine (C=N–C) groups is 1. The van der Waals surface area contributed by atoms with Gasteiger partial charge in [-0.3, -0.25) is 4.79 Å². The Kier molecular flexibility index (Phi) is 3.72. The van der Waals surface area contributed by atoms with Crippen LogP contribution in [0.3, 0.4) is 0 Å². The van der Waals surface area contributed by atoms with E-state index in [0.717, 1.165) is 35.1 Å². The van der Waals surface area contributed by atoms with E-state index in [0.29, 0.717) is 0 Å². The number of amides is 1. The molecular weight excluding hydrogens is 355 g/mol. The molecular formula is C14H15IN2O2. The number of benzene rings is 1. The molecule has 1 aromatic carbocycles. The molecule has 4 nitrogen and oxygen atoms in total.